The van der Waals surface area contributed by atoms with Gasteiger partial charge in [0.05, 0.1) is 5.41 Å². The Kier molecular flexibility index (Phi) is 2.52. The molecule has 1 aliphatic carbocycles. The molecule has 4 rings (SSSR count). The molecule has 1 fully saturated rings. The summed E-state index contributed by atoms with van der Waals surface area (Å²) < 4.78 is 0. The van der Waals surface area contributed by atoms with Crippen molar-refractivity contribution in [3.8, 4) is 0 Å². The van der Waals surface area contributed by atoms with E-state index in [0.717, 1.165) is 5.56 Å². The maximum Gasteiger partial charge on any atom is 0.237 e. The SMILES string of the molecule is O=C1C[C@@]2(C[C@H](c3ccccc3)c3ccccc32)C(=O)N1. The summed E-state index contributed by atoms with van der Waals surface area (Å²) in [5.41, 5.74) is 2.72. The van der Waals surface area contributed by atoms with Crippen molar-refractivity contribution in [2.45, 2.75) is 24.2 Å². The van der Waals surface area contributed by atoms with E-state index in [1.54, 1.807) is 0 Å². The van der Waals surface area contributed by atoms with Crippen LogP contribution in [0.1, 0.15) is 35.4 Å². The number of carbonyl (C=O) groups excluding carboxylic acids is 2. The second kappa shape index (κ2) is 4.29. The minimum atomic E-state index is -0.672. The molecule has 3 nitrogen and oxygen atoms in total. The van der Waals surface area contributed by atoms with Crippen LogP contribution in [0, 0.1) is 0 Å². The maximum absolute atomic E-state index is 12.4. The average molecular weight is 277 g/mol. The standard InChI is InChI=1S/C18H15NO2/c20-16-11-18(17(21)19-16)10-14(12-6-2-1-3-7-12)13-8-4-5-9-15(13)18/h1-9,14H,10-11H2,(H,19,20,21)/t14-,18-/m1/s1. The highest BCUT2D eigenvalue weighted by atomic mass is 16.2. The molecule has 0 saturated carbocycles. The van der Waals surface area contributed by atoms with Crippen LogP contribution in [0.5, 0.6) is 0 Å². The number of amides is 2. The van der Waals surface area contributed by atoms with Gasteiger partial charge in [0.2, 0.25) is 11.8 Å². The lowest BCUT2D eigenvalue weighted by Crippen LogP contribution is -2.33. The van der Waals surface area contributed by atoms with Gasteiger partial charge in [0.25, 0.3) is 0 Å². The summed E-state index contributed by atoms with van der Waals surface area (Å²) in [7, 11) is 0. The molecule has 1 saturated heterocycles. The first-order chi connectivity index (χ1) is 10.2. The Hall–Kier alpha value is -2.42. The fourth-order valence-corrected chi connectivity index (χ4v) is 3.82. The van der Waals surface area contributed by atoms with Crippen LogP contribution in [0.25, 0.3) is 0 Å². The number of fused-ring (bicyclic) bond motifs is 2. The van der Waals surface area contributed by atoms with Crippen molar-refractivity contribution in [1.29, 1.82) is 0 Å². The molecule has 2 amide bonds. The Balaban J connectivity index is 1.88. The molecular formula is C18H15NO2. The van der Waals surface area contributed by atoms with Gasteiger partial charge in [0, 0.05) is 12.3 Å². The number of hydrogen-bond acceptors (Lipinski definition) is 2. The van der Waals surface area contributed by atoms with Crippen molar-refractivity contribution in [3.05, 3.63) is 71.3 Å². The predicted octanol–water partition coefficient (Wildman–Crippen LogP) is 2.51. The summed E-state index contributed by atoms with van der Waals surface area (Å²) in [6.45, 7) is 0. The molecule has 2 aliphatic rings. The number of hydrogen-bond donors (Lipinski definition) is 1. The zero-order chi connectivity index (χ0) is 14.4. The normalized spacial score (nSPS) is 27.0. The first-order valence-corrected chi connectivity index (χ1v) is 7.19. The molecule has 21 heavy (non-hydrogen) atoms. The number of imide groups is 1. The summed E-state index contributed by atoms with van der Waals surface area (Å²) >= 11 is 0. The van der Waals surface area contributed by atoms with Gasteiger partial charge in [-0.3, -0.25) is 14.9 Å². The lowest BCUT2D eigenvalue weighted by Gasteiger charge is -2.20. The largest absolute Gasteiger partial charge is 0.296 e. The third-order valence-corrected chi connectivity index (χ3v) is 4.76. The number of rotatable bonds is 1. The van der Waals surface area contributed by atoms with Gasteiger partial charge in [-0.25, -0.2) is 0 Å². The highest BCUT2D eigenvalue weighted by Gasteiger charge is 2.54. The second-order valence-electron chi connectivity index (χ2n) is 5.89. The van der Waals surface area contributed by atoms with Crippen LogP contribution < -0.4 is 5.32 Å². The molecule has 2 atom stereocenters. The highest BCUT2D eigenvalue weighted by molar-refractivity contribution is 6.09. The molecular weight excluding hydrogens is 262 g/mol. The molecule has 0 radical (unpaired) electrons. The minimum absolute atomic E-state index is 0.140. The average Bonchev–Trinajstić information content (AvgIpc) is 2.99. The van der Waals surface area contributed by atoms with Crippen LogP contribution >= 0.6 is 0 Å². The van der Waals surface area contributed by atoms with Crippen LogP contribution in [-0.2, 0) is 15.0 Å². The van der Waals surface area contributed by atoms with Crippen LogP contribution in [-0.4, -0.2) is 11.8 Å². The summed E-state index contributed by atoms with van der Waals surface area (Å²) in [5, 5.41) is 2.48. The summed E-state index contributed by atoms with van der Waals surface area (Å²) in [6.07, 6.45) is 0.945. The summed E-state index contributed by atoms with van der Waals surface area (Å²) in [4.78, 5) is 24.2. The van der Waals surface area contributed by atoms with E-state index in [4.69, 9.17) is 0 Å². The van der Waals surface area contributed by atoms with Crippen molar-refractivity contribution in [2.75, 3.05) is 0 Å². The van der Waals surface area contributed by atoms with E-state index >= 15 is 0 Å². The first-order valence-electron chi connectivity index (χ1n) is 7.19. The molecule has 2 aromatic rings. The van der Waals surface area contributed by atoms with E-state index in [1.807, 2.05) is 36.4 Å². The monoisotopic (exact) mass is 277 g/mol. The topological polar surface area (TPSA) is 46.2 Å². The quantitative estimate of drug-likeness (QED) is 0.814. The minimum Gasteiger partial charge on any atom is -0.296 e. The predicted molar refractivity (Wildman–Crippen MR) is 78.8 cm³/mol. The van der Waals surface area contributed by atoms with Crippen LogP contribution in [0.15, 0.2) is 54.6 Å². The smallest absolute Gasteiger partial charge is 0.237 e. The number of carbonyl (C=O) groups is 2. The summed E-state index contributed by atoms with van der Waals surface area (Å²) in [6, 6.07) is 18.2. The molecule has 104 valence electrons. The molecule has 1 spiro atoms. The zero-order valence-corrected chi connectivity index (χ0v) is 11.5. The van der Waals surface area contributed by atoms with E-state index < -0.39 is 5.41 Å². The molecule has 1 aliphatic heterocycles. The van der Waals surface area contributed by atoms with Gasteiger partial charge in [0.15, 0.2) is 0 Å². The summed E-state index contributed by atoms with van der Waals surface area (Å²) in [5.74, 6) is -0.124. The third-order valence-electron chi connectivity index (χ3n) is 4.76. The molecule has 1 heterocycles. The van der Waals surface area contributed by atoms with Gasteiger partial charge >= 0.3 is 0 Å². The Bertz CT molecular complexity index is 738. The second-order valence-corrected chi connectivity index (χ2v) is 5.89. The van der Waals surface area contributed by atoms with Gasteiger partial charge in [-0.05, 0) is 23.1 Å². The lowest BCUT2D eigenvalue weighted by atomic mass is 9.79. The van der Waals surface area contributed by atoms with Crippen molar-refractivity contribution in [2.24, 2.45) is 0 Å². The Morgan fingerprint density at radius 2 is 1.67 bits per heavy atom. The molecule has 3 heteroatoms. The van der Waals surface area contributed by atoms with Crippen molar-refractivity contribution in [3.63, 3.8) is 0 Å². The molecule has 1 N–H and O–H groups in total. The first kappa shape index (κ1) is 12.3. The fraction of sp³-hybridized carbons (Fsp3) is 0.222. The Morgan fingerprint density at radius 3 is 2.38 bits per heavy atom. The van der Waals surface area contributed by atoms with E-state index in [-0.39, 0.29) is 24.2 Å². The lowest BCUT2D eigenvalue weighted by molar-refractivity contribution is -0.126. The van der Waals surface area contributed by atoms with Crippen LogP contribution in [0.3, 0.4) is 0 Å². The Labute approximate surface area is 123 Å². The molecule has 2 aromatic carbocycles. The Morgan fingerprint density at radius 1 is 0.952 bits per heavy atom. The maximum atomic E-state index is 12.4. The van der Waals surface area contributed by atoms with E-state index in [2.05, 4.69) is 23.5 Å². The zero-order valence-electron chi connectivity index (χ0n) is 11.5. The molecule has 0 unspecified atom stereocenters. The van der Waals surface area contributed by atoms with Crippen molar-refractivity contribution in [1.82, 2.24) is 5.32 Å². The van der Waals surface area contributed by atoms with Gasteiger partial charge in [0.1, 0.15) is 0 Å². The van der Waals surface area contributed by atoms with E-state index in [9.17, 15) is 9.59 Å². The third kappa shape index (κ3) is 1.67. The van der Waals surface area contributed by atoms with Gasteiger partial charge in [-0.15, -0.1) is 0 Å². The fourth-order valence-electron chi connectivity index (χ4n) is 3.82. The molecule has 0 bridgehead atoms. The number of benzene rings is 2. The van der Waals surface area contributed by atoms with Gasteiger partial charge < -0.3 is 0 Å². The van der Waals surface area contributed by atoms with Gasteiger partial charge in [-0.1, -0.05) is 54.6 Å². The van der Waals surface area contributed by atoms with Crippen molar-refractivity contribution >= 4 is 11.8 Å². The highest BCUT2D eigenvalue weighted by Crippen LogP contribution is 2.52. The van der Waals surface area contributed by atoms with Crippen LogP contribution in [0.4, 0.5) is 0 Å². The van der Waals surface area contributed by atoms with Crippen LogP contribution in [0.2, 0.25) is 0 Å². The number of nitrogens with one attached hydrogen (secondary N) is 1. The van der Waals surface area contributed by atoms with E-state index in [0.29, 0.717) is 6.42 Å². The van der Waals surface area contributed by atoms with E-state index in [1.165, 1.54) is 11.1 Å². The molecule has 0 aromatic heterocycles. The van der Waals surface area contributed by atoms with Gasteiger partial charge in [-0.2, -0.15) is 0 Å². The van der Waals surface area contributed by atoms with Crippen molar-refractivity contribution < 1.29 is 9.59 Å².